The molecule has 0 bridgehead atoms. The number of amides is 2. The van der Waals surface area contributed by atoms with Gasteiger partial charge in [0, 0.05) is 14.1 Å². The predicted molar refractivity (Wildman–Crippen MR) is 48.6 cm³/mol. The fourth-order valence-corrected chi connectivity index (χ4v) is 0.271. The summed E-state index contributed by atoms with van der Waals surface area (Å²) in [7, 11) is 2.68. The maximum Gasteiger partial charge on any atom is 0.279 e. The number of rotatable bonds is 2. The molecule has 2 amide bonds. The minimum absolute atomic E-state index is 0.764. The molecular weight excluding hydrogens is 194 g/mol. The Hall–Kier alpha value is -1.72. The molecule has 0 atom stereocenters. The number of halogens is 2. The summed E-state index contributed by atoms with van der Waals surface area (Å²) in [5, 5.41) is 4.10. The van der Waals surface area contributed by atoms with Crippen LogP contribution >= 0.6 is 0 Å². The lowest BCUT2D eigenvalue weighted by atomic mass is 10.6. The first-order valence-electron chi connectivity index (χ1n) is 3.49. The van der Waals surface area contributed by atoms with Crippen LogP contribution in [0.1, 0.15) is 0 Å². The summed E-state index contributed by atoms with van der Waals surface area (Å²) in [6.07, 6.45) is 0. The molecule has 0 spiro atoms. The van der Waals surface area contributed by atoms with Gasteiger partial charge in [0.1, 0.15) is 0 Å². The molecule has 0 unspecified atom stereocenters. The van der Waals surface area contributed by atoms with Gasteiger partial charge in [0.2, 0.25) is 0 Å². The highest BCUT2D eigenvalue weighted by Gasteiger charge is 1.98. The van der Waals surface area contributed by atoms with E-state index in [0.717, 1.165) is 0 Å². The largest absolute Gasteiger partial charge is 0.353 e. The first-order valence-corrected chi connectivity index (χ1v) is 3.49. The summed E-state index contributed by atoms with van der Waals surface area (Å²) in [5.74, 6) is -3.44. The van der Waals surface area contributed by atoms with Crippen molar-refractivity contribution in [3.8, 4) is 0 Å². The predicted octanol–water partition coefficient (Wildman–Crippen LogP) is 0.431. The molecular formula is C8H12F2N2O2. The summed E-state index contributed by atoms with van der Waals surface area (Å²) >= 11 is 0. The van der Waals surface area contributed by atoms with Gasteiger partial charge in [0.05, 0.1) is 0 Å². The summed E-state index contributed by atoms with van der Waals surface area (Å²) in [6, 6.07) is 0. The van der Waals surface area contributed by atoms with Gasteiger partial charge >= 0.3 is 0 Å². The van der Waals surface area contributed by atoms with Crippen LogP contribution < -0.4 is 10.6 Å². The number of nitrogens with one attached hydrogen (secondary N) is 2. The molecule has 14 heavy (non-hydrogen) atoms. The lowest BCUT2D eigenvalue weighted by molar-refractivity contribution is -0.119. The lowest BCUT2D eigenvalue weighted by Crippen LogP contribution is -2.16. The van der Waals surface area contributed by atoms with Crippen molar-refractivity contribution in [3.63, 3.8) is 0 Å². The maximum absolute atomic E-state index is 11.5. The third kappa shape index (κ3) is 8.38. The molecule has 80 valence electrons. The SMILES string of the molecule is C=C(F)C(=O)NC.C=C(F)C(=O)NC. The number of carbonyl (C=O) groups excluding carboxylic acids is 2. The number of hydrogen-bond acceptors (Lipinski definition) is 2. The van der Waals surface area contributed by atoms with Crippen molar-refractivity contribution in [2.24, 2.45) is 0 Å². The Morgan fingerprint density at radius 2 is 1.14 bits per heavy atom. The second-order valence-corrected chi connectivity index (χ2v) is 1.97. The monoisotopic (exact) mass is 206 g/mol. The fourth-order valence-electron chi connectivity index (χ4n) is 0.271. The standard InChI is InChI=1S/2C4H6FNO/c2*1-3(5)4(7)6-2/h2*1H2,2H3,(H,6,7). The Balaban J connectivity index is 0. The van der Waals surface area contributed by atoms with Crippen LogP contribution in [0.5, 0.6) is 0 Å². The van der Waals surface area contributed by atoms with Crippen LogP contribution in [0.2, 0.25) is 0 Å². The molecule has 0 aromatic carbocycles. The molecule has 0 saturated carbocycles. The molecule has 0 fully saturated rings. The van der Waals surface area contributed by atoms with Gasteiger partial charge in [-0.25, -0.2) is 8.78 Å². The van der Waals surface area contributed by atoms with Crippen molar-refractivity contribution in [3.05, 3.63) is 24.8 Å². The number of hydrogen-bond donors (Lipinski definition) is 2. The fraction of sp³-hybridized carbons (Fsp3) is 0.250. The van der Waals surface area contributed by atoms with Crippen LogP contribution in [0.15, 0.2) is 24.8 Å². The van der Waals surface area contributed by atoms with Crippen molar-refractivity contribution in [2.75, 3.05) is 14.1 Å². The van der Waals surface area contributed by atoms with Crippen LogP contribution in [-0.4, -0.2) is 25.9 Å². The molecule has 0 saturated heterocycles. The zero-order chi connectivity index (χ0) is 11.7. The van der Waals surface area contributed by atoms with Crippen LogP contribution in [0.3, 0.4) is 0 Å². The highest BCUT2D eigenvalue weighted by molar-refractivity contribution is 5.90. The first kappa shape index (κ1) is 14.8. The topological polar surface area (TPSA) is 58.2 Å². The molecule has 0 heterocycles. The lowest BCUT2D eigenvalue weighted by Gasteiger charge is -1.88. The average Bonchev–Trinajstić information content (AvgIpc) is 2.15. The van der Waals surface area contributed by atoms with E-state index in [0.29, 0.717) is 0 Å². The van der Waals surface area contributed by atoms with Gasteiger partial charge in [-0.2, -0.15) is 0 Å². The van der Waals surface area contributed by atoms with Gasteiger partial charge in [-0.3, -0.25) is 9.59 Å². The van der Waals surface area contributed by atoms with E-state index in [9.17, 15) is 18.4 Å². The Bertz CT molecular complexity index is 226. The van der Waals surface area contributed by atoms with Gasteiger partial charge in [0.15, 0.2) is 11.7 Å². The molecule has 2 N–H and O–H groups in total. The average molecular weight is 206 g/mol. The number of carbonyl (C=O) groups is 2. The third-order valence-electron chi connectivity index (χ3n) is 0.947. The van der Waals surface area contributed by atoms with E-state index in [1.807, 2.05) is 0 Å². The second-order valence-electron chi connectivity index (χ2n) is 1.97. The molecule has 6 heteroatoms. The highest BCUT2D eigenvalue weighted by Crippen LogP contribution is 1.86. The highest BCUT2D eigenvalue weighted by atomic mass is 19.1. The zero-order valence-electron chi connectivity index (χ0n) is 7.99. The van der Waals surface area contributed by atoms with Crippen molar-refractivity contribution < 1.29 is 18.4 Å². The van der Waals surface area contributed by atoms with E-state index >= 15 is 0 Å². The van der Waals surface area contributed by atoms with E-state index in [-0.39, 0.29) is 0 Å². The molecule has 0 radical (unpaired) electrons. The Labute approximate surface area is 80.7 Å². The summed E-state index contributed by atoms with van der Waals surface area (Å²) in [5.41, 5.74) is 0. The normalized spacial score (nSPS) is 7.71. The Kier molecular flexibility index (Phi) is 8.35. The van der Waals surface area contributed by atoms with Crippen LogP contribution in [0, 0.1) is 0 Å². The van der Waals surface area contributed by atoms with E-state index in [1.54, 1.807) is 0 Å². The molecule has 0 aromatic heterocycles. The van der Waals surface area contributed by atoms with E-state index < -0.39 is 23.5 Å². The van der Waals surface area contributed by atoms with E-state index in [2.05, 4.69) is 23.8 Å². The quantitative estimate of drug-likeness (QED) is 0.644. The van der Waals surface area contributed by atoms with Crippen LogP contribution in [-0.2, 0) is 9.59 Å². The summed E-state index contributed by atoms with van der Waals surface area (Å²) < 4.78 is 23.0. The van der Waals surface area contributed by atoms with E-state index in [1.165, 1.54) is 14.1 Å². The van der Waals surface area contributed by atoms with Crippen LogP contribution in [0.25, 0.3) is 0 Å². The Morgan fingerprint density at radius 1 is 0.929 bits per heavy atom. The maximum atomic E-state index is 11.5. The molecule has 0 rings (SSSR count). The zero-order valence-corrected chi connectivity index (χ0v) is 7.99. The smallest absolute Gasteiger partial charge is 0.279 e. The minimum Gasteiger partial charge on any atom is -0.353 e. The van der Waals surface area contributed by atoms with Gasteiger partial charge in [0.25, 0.3) is 11.8 Å². The minimum atomic E-state index is -0.956. The van der Waals surface area contributed by atoms with Crippen molar-refractivity contribution >= 4 is 11.8 Å². The summed E-state index contributed by atoms with van der Waals surface area (Å²) in [4.78, 5) is 19.9. The molecule has 4 nitrogen and oxygen atoms in total. The van der Waals surface area contributed by atoms with E-state index in [4.69, 9.17) is 0 Å². The molecule has 0 aliphatic heterocycles. The summed E-state index contributed by atoms with van der Waals surface area (Å²) in [6.45, 7) is 5.49. The van der Waals surface area contributed by atoms with Gasteiger partial charge in [-0.15, -0.1) is 0 Å². The first-order chi connectivity index (χ1) is 6.36. The third-order valence-corrected chi connectivity index (χ3v) is 0.947. The van der Waals surface area contributed by atoms with Crippen LogP contribution in [0.4, 0.5) is 8.78 Å². The molecule has 0 aromatic rings. The Morgan fingerprint density at radius 3 is 1.14 bits per heavy atom. The van der Waals surface area contributed by atoms with Gasteiger partial charge in [-0.1, -0.05) is 13.2 Å². The number of likely N-dealkylation sites (N-methyl/N-ethyl adjacent to an activating group) is 2. The van der Waals surface area contributed by atoms with Crippen molar-refractivity contribution in [1.29, 1.82) is 0 Å². The second kappa shape index (κ2) is 7.90. The molecule has 0 aliphatic rings. The van der Waals surface area contributed by atoms with Gasteiger partial charge in [-0.05, 0) is 0 Å². The van der Waals surface area contributed by atoms with Gasteiger partial charge < -0.3 is 10.6 Å². The van der Waals surface area contributed by atoms with Crippen molar-refractivity contribution in [1.82, 2.24) is 10.6 Å². The van der Waals surface area contributed by atoms with Crippen molar-refractivity contribution in [2.45, 2.75) is 0 Å². The molecule has 0 aliphatic carbocycles.